The van der Waals surface area contributed by atoms with Crippen LogP contribution < -0.4 is 10.6 Å². The molecule has 0 aliphatic carbocycles. The summed E-state index contributed by atoms with van der Waals surface area (Å²) in [6, 6.07) is 9.32. The fraction of sp³-hybridized carbons (Fsp3) is 0.0625. The molecule has 0 heterocycles. The molecule has 2 aromatic carbocycles. The maximum absolute atomic E-state index is 12.2. The molecule has 0 saturated heterocycles. The number of carboxylic acids is 1. The maximum Gasteiger partial charge on any atom is 0.337 e. The standard InChI is InChI=1S/C16H12Cl2N2O3S/c1-8-2-4-10(13(18)6-8)14(21)20-16(24)19-9-3-5-12(17)11(7-9)15(22)23/h2-7H,1H3,(H,22,23)(H2,19,20,21,24). The summed E-state index contributed by atoms with van der Waals surface area (Å²) < 4.78 is 0. The minimum Gasteiger partial charge on any atom is -0.478 e. The topological polar surface area (TPSA) is 78.4 Å². The monoisotopic (exact) mass is 382 g/mol. The average Bonchev–Trinajstić information content (AvgIpc) is 2.48. The van der Waals surface area contributed by atoms with Crippen LogP contribution in [0, 0.1) is 6.92 Å². The van der Waals surface area contributed by atoms with E-state index in [1.807, 2.05) is 6.92 Å². The lowest BCUT2D eigenvalue weighted by Gasteiger charge is -2.11. The van der Waals surface area contributed by atoms with Crippen LogP contribution in [0.5, 0.6) is 0 Å². The number of hydrogen-bond donors (Lipinski definition) is 3. The minimum absolute atomic E-state index is 0.00954. The normalized spacial score (nSPS) is 10.1. The lowest BCUT2D eigenvalue weighted by atomic mass is 10.1. The summed E-state index contributed by atoms with van der Waals surface area (Å²) in [5.41, 5.74) is 1.53. The van der Waals surface area contributed by atoms with Gasteiger partial charge in [-0.3, -0.25) is 10.1 Å². The molecule has 8 heteroatoms. The number of benzene rings is 2. The molecule has 0 bridgehead atoms. The molecule has 0 aliphatic rings. The molecule has 0 atom stereocenters. The average molecular weight is 383 g/mol. The zero-order chi connectivity index (χ0) is 17.9. The Morgan fingerprint density at radius 1 is 1.04 bits per heavy atom. The molecule has 0 radical (unpaired) electrons. The predicted molar refractivity (Wildman–Crippen MR) is 98.3 cm³/mol. The van der Waals surface area contributed by atoms with Gasteiger partial charge in [-0.25, -0.2) is 4.79 Å². The molecule has 2 rings (SSSR count). The predicted octanol–water partition coefficient (Wildman–Crippen LogP) is 4.13. The van der Waals surface area contributed by atoms with Crippen molar-refractivity contribution in [3.8, 4) is 0 Å². The van der Waals surface area contributed by atoms with Crippen LogP contribution in [0.4, 0.5) is 5.69 Å². The zero-order valence-corrected chi connectivity index (χ0v) is 14.7. The van der Waals surface area contributed by atoms with Crippen LogP contribution in [0.3, 0.4) is 0 Å². The molecule has 0 aliphatic heterocycles. The van der Waals surface area contributed by atoms with Crippen LogP contribution in [0.1, 0.15) is 26.3 Å². The number of aromatic carboxylic acids is 1. The summed E-state index contributed by atoms with van der Waals surface area (Å²) in [4.78, 5) is 23.2. The van der Waals surface area contributed by atoms with Crippen LogP contribution >= 0.6 is 35.4 Å². The molecule has 0 unspecified atom stereocenters. The van der Waals surface area contributed by atoms with Gasteiger partial charge in [0.15, 0.2) is 5.11 Å². The van der Waals surface area contributed by atoms with Gasteiger partial charge in [0.1, 0.15) is 0 Å². The number of rotatable bonds is 3. The summed E-state index contributed by atoms with van der Waals surface area (Å²) in [6.45, 7) is 1.86. The number of halogens is 2. The highest BCUT2D eigenvalue weighted by atomic mass is 35.5. The van der Waals surface area contributed by atoms with Crippen molar-refractivity contribution in [2.24, 2.45) is 0 Å². The molecule has 0 spiro atoms. The van der Waals surface area contributed by atoms with E-state index in [1.165, 1.54) is 12.1 Å². The smallest absolute Gasteiger partial charge is 0.337 e. The Bertz CT molecular complexity index is 840. The summed E-state index contributed by atoms with van der Waals surface area (Å²) >= 11 is 16.9. The molecular weight excluding hydrogens is 371 g/mol. The van der Waals surface area contributed by atoms with Gasteiger partial charge >= 0.3 is 5.97 Å². The number of carboxylic acid groups (broad SMARTS) is 1. The van der Waals surface area contributed by atoms with E-state index in [1.54, 1.807) is 24.3 Å². The van der Waals surface area contributed by atoms with Crippen LogP contribution in [-0.2, 0) is 0 Å². The lowest BCUT2D eigenvalue weighted by molar-refractivity contribution is 0.0697. The Kier molecular flexibility index (Phi) is 5.77. The summed E-state index contributed by atoms with van der Waals surface area (Å²) in [7, 11) is 0. The number of hydrogen-bond acceptors (Lipinski definition) is 3. The first-order valence-corrected chi connectivity index (χ1v) is 7.85. The third kappa shape index (κ3) is 4.44. The van der Waals surface area contributed by atoms with Gasteiger partial charge in [-0.2, -0.15) is 0 Å². The van der Waals surface area contributed by atoms with Gasteiger partial charge < -0.3 is 10.4 Å². The van der Waals surface area contributed by atoms with Crippen molar-refractivity contribution in [3.05, 3.63) is 63.1 Å². The molecule has 3 N–H and O–H groups in total. The Morgan fingerprint density at radius 3 is 2.38 bits per heavy atom. The number of carbonyl (C=O) groups excluding carboxylic acids is 1. The fourth-order valence-corrected chi connectivity index (χ4v) is 2.63. The SMILES string of the molecule is Cc1ccc(C(=O)NC(=S)Nc2ccc(Cl)c(C(=O)O)c2)c(Cl)c1. The Labute approximate surface area is 153 Å². The van der Waals surface area contributed by atoms with E-state index in [4.69, 9.17) is 40.5 Å². The second-order valence-electron chi connectivity index (χ2n) is 4.89. The van der Waals surface area contributed by atoms with Gasteiger partial charge in [-0.15, -0.1) is 0 Å². The number of amides is 1. The Hall–Kier alpha value is -2.15. The molecule has 5 nitrogen and oxygen atoms in total. The van der Waals surface area contributed by atoms with Crippen LogP contribution in [0.2, 0.25) is 10.0 Å². The number of anilines is 1. The molecule has 124 valence electrons. The van der Waals surface area contributed by atoms with Gasteiger partial charge in [-0.1, -0.05) is 29.3 Å². The first kappa shape index (κ1) is 18.2. The van der Waals surface area contributed by atoms with E-state index in [0.717, 1.165) is 5.56 Å². The largest absolute Gasteiger partial charge is 0.478 e. The molecule has 0 saturated carbocycles. The lowest BCUT2D eigenvalue weighted by Crippen LogP contribution is -2.34. The third-order valence-electron chi connectivity index (χ3n) is 3.05. The number of thiocarbonyl (C=S) groups is 1. The second-order valence-corrected chi connectivity index (χ2v) is 6.11. The molecule has 2 aromatic rings. The number of aryl methyl sites for hydroxylation is 1. The van der Waals surface area contributed by atoms with Crippen molar-refractivity contribution < 1.29 is 14.7 Å². The van der Waals surface area contributed by atoms with E-state index in [2.05, 4.69) is 10.6 Å². The highest BCUT2D eigenvalue weighted by molar-refractivity contribution is 7.80. The zero-order valence-electron chi connectivity index (χ0n) is 12.4. The van der Waals surface area contributed by atoms with Gasteiger partial charge in [0.05, 0.1) is 21.2 Å². The molecule has 1 amide bonds. The van der Waals surface area contributed by atoms with Gasteiger partial charge in [0, 0.05) is 5.69 Å². The second kappa shape index (κ2) is 7.61. The quantitative estimate of drug-likeness (QED) is 0.695. The van der Waals surface area contributed by atoms with E-state index < -0.39 is 11.9 Å². The first-order chi connectivity index (χ1) is 11.3. The van der Waals surface area contributed by atoms with Crippen molar-refractivity contribution in [2.45, 2.75) is 6.92 Å². The van der Waals surface area contributed by atoms with Gasteiger partial charge in [0.2, 0.25) is 0 Å². The highest BCUT2D eigenvalue weighted by Gasteiger charge is 2.13. The van der Waals surface area contributed by atoms with Crippen molar-refractivity contribution in [1.82, 2.24) is 5.32 Å². The summed E-state index contributed by atoms with van der Waals surface area (Å²) in [5.74, 6) is -1.63. The maximum atomic E-state index is 12.2. The Morgan fingerprint density at radius 2 is 1.75 bits per heavy atom. The van der Waals surface area contributed by atoms with Gasteiger partial charge in [0.25, 0.3) is 5.91 Å². The summed E-state index contributed by atoms with van der Waals surface area (Å²) in [6.07, 6.45) is 0. The fourth-order valence-electron chi connectivity index (χ4n) is 1.90. The van der Waals surface area contributed by atoms with Gasteiger partial charge in [-0.05, 0) is 55.0 Å². The number of nitrogens with one attached hydrogen (secondary N) is 2. The van der Waals surface area contributed by atoms with E-state index >= 15 is 0 Å². The van der Waals surface area contributed by atoms with Crippen molar-refractivity contribution in [3.63, 3.8) is 0 Å². The third-order valence-corrected chi connectivity index (χ3v) is 3.90. The van der Waals surface area contributed by atoms with Crippen molar-refractivity contribution in [2.75, 3.05) is 5.32 Å². The Balaban J connectivity index is 2.09. The molecular formula is C16H12Cl2N2O3S. The van der Waals surface area contributed by atoms with E-state index in [9.17, 15) is 9.59 Å². The van der Waals surface area contributed by atoms with Crippen LogP contribution in [0.25, 0.3) is 0 Å². The van der Waals surface area contributed by atoms with Crippen LogP contribution in [0.15, 0.2) is 36.4 Å². The molecule has 0 fully saturated rings. The highest BCUT2D eigenvalue weighted by Crippen LogP contribution is 2.21. The van der Waals surface area contributed by atoms with Crippen LogP contribution in [-0.4, -0.2) is 22.1 Å². The van der Waals surface area contributed by atoms with E-state index in [0.29, 0.717) is 10.7 Å². The minimum atomic E-state index is -1.16. The van der Waals surface area contributed by atoms with Crippen molar-refractivity contribution >= 4 is 58.1 Å². The van der Waals surface area contributed by atoms with E-state index in [-0.39, 0.29) is 21.3 Å². The summed E-state index contributed by atoms with van der Waals surface area (Å²) in [5, 5.41) is 14.7. The molecule has 0 aromatic heterocycles. The molecule has 24 heavy (non-hydrogen) atoms. The first-order valence-electron chi connectivity index (χ1n) is 6.69. The van der Waals surface area contributed by atoms with Crippen molar-refractivity contribution in [1.29, 1.82) is 0 Å². The number of carbonyl (C=O) groups is 2.